The van der Waals surface area contributed by atoms with Gasteiger partial charge in [0.25, 0.3) is 0 Å². The molecule has 2 aliphatic rings. The van der Waals surface area contributed by atoms with Crippen LogP contribution in [0.4, 0.5) is 0 Å². The maximum atomic E-state index is 4.77. The number of hydrogen-bond donors (Lipinski definition) is 3. The van der Waals surface area contributed by atoms with Gasteiger partial charge in [0.05, 0.1) is 22.8 Å². The van der Waals surface area contributed by atoms with E-state index in [1.54, 1.807) is 0 Å². The van der Waals surface area contributed by atoms with Crippen molar-refractivity contribution in [2.45, 2.75) is 4.90 Å². The molecule has 0 saturated carbocycles. The van der Waals surface area contributed by atoms with Gasteiger partial charge in [-0.3, -0.25) is 0 Å². The van der Waals surface area contributed by atoms with Gasteiger partial charge in [0.15, 0.2) is 0 Å². The Labute approximate surface area is 184 Å². The summed E-state index contributed by atoms with van der Waals surface area (Å²) >= 11 is 4.42. The van der Waals surface area contributed by atoms with Crippen LogP contribution in [0.3, 0.4) is 0 Å². The summed E-state index contributed by atoms with van der Waals surface area (Å²) in [6.07, 6.45) is 8.13. The van der Waals surface area contributed by atoms with Gasteiger partial charge >= 0.3 is 0 Å². The third-order valence-corrected chi connectivity index (χ3v) is 5.65. The Kier molecular flexibility index (Phi) is 4.14. The minimum absolute atomic E-state index is 0.908. The van der Waals surface area contributed by atoms with Crippen molar-refractivity contribution >= 4 is 59.0 Å². The van der Waals surface area contributed by atoms with Crippen molar-refractivity contribution in [1.29, 1.82) is 0 Å². The fourth-order valence-corrected chi connectivity index (χ4v) is 4.05. The molecule has 8 bridgehead atoms. The van der Waals surface area contributed by atoms with E-state index in [9.17, 15) is 0 Å². The first-order chi connectivity index (χ1) is 15.2. The molecule has 4 aromatic rings. The van der Waals surface area contributed by atoms with E-state index in [0.717, 1.165) is 60.9 Å². The molecule has 0 aliphatic carbocycles. The third kappa shape index (κ3) is 3.60. The Balaban J connectivity index is 1.67. The van der Waals surface area contributed by atoms with Crippen LogP contribution in [0.2, 0.25) is 0 Å². The van der Waals surface area contributed by atoms with Gasteiger partial charge in [-0.25, -0.2) is 9.97 Å². The molecule has 0 spiro atoms. The lowest BCUT2D eigenvalue weighted by Gasteiger charge is -1.99. The van der Waals surface area contributed by atoms with Crippen LogP contribution in [0.5, 0.6) is 0 Å². The van der Waals surface area contributed by atoms with Gasteiger partial charge in [0.1, 0.15) is 0 Å². The number of H-pyrrole nitrogens is 2. The van der Waals surface area contributed by atoms with E-state index in [2.05, 4.69) is 65.1 Å². The normalized spacial score (nSPS) is 12.4. The van der Waals surface area contributed by atoms with Gasteiger partial charge in [-0.1, -0.05) is 12.1 Å². The zero-order valence-electron chi connectivity index (χ0n) is 16.5. The molecule has 5 heteroatoms. The molecule has 4 nitrogen and oxygen atoms in total. The molecular formula is C26H18N4S. The van der Waals surface area contributed by atoms with Crippen LogP contribution in [0, 0.1) is 0 Å². The number of thiol groups is 1. The zero-order chi connectivity index (χ0) is 20.8. The number of nitrogens with one attached hydrogen (secondary N) is 2. The van der Waals surface area contributed by atoms with Crippen LogP contribution in [-0.4, -0.2) is 19.9 Å². The lowest BCUT2D eigenvalue weighted by molar-refractivity contribution is 1.31. The summed E-state index contributed by atoms with van der Waals surface area (Å²) < 4.78 is 0. The fraction of sp³-hybridized carbons (Fsp3) is 0. The summed E-state index contributed by atoms with van der Waals surface area (Å²) in [7, 11) is 0. The summed E-state index contributed by atoms with van der Waals surface area (Å²) in [6.45, 7) is 0. The summed E-state index contributed by atoms with van der Waals surface area (Å²) in [5.41, 5.74) is 9.92. The van der Waals surface area contributed by atoms with Crippen molar-refractivity contribution in [2.75, 3.05) is 0 Å². The van der Waals surface area contributed by atoms with Crippen LogP contribution in [0.15, 0.2) is 71.6 Å². The van der Waals surface area contributed by atoms with Gasteiger partial charge in [0, 0.05) is 32.5 Å². The predicted molar refractivity (Wildman–Crippen MR) is 132 cm³/mol. The van der Waals surface area contributed by atoms with E-state index in [4.69, 9.17) is 9.97 Å². The second kappa shape index (κ2) is 7.15. The molecule has 0 unspecified atom stereocenters. The maximum absolute atomic E-state index is 4.77. The molecule has 148 valence electrons. The first kappa shape index (κ1) is 18.0. The van der Waals surface area contributed by atoms with E-state index >= 15 is 0 Å². The van der Waals surface area contributed by atoms with Crippen molar-refractivity contribution in [3.63, 3.8) is 0 Å². The van der Waals surface area contributed by atoms with E-state index in [1.807, 2.05) is 48.6 Å². The Morgan fingerprint density at radius 1 is 0.548 bits per heavy atom. The van der Waals surface area contributed by atoms with Crippen LogP contribution in [0.25, 0.3) is 57.5 Å². The smallest absolute Gasteiger partial charge is 0.0658 e. The molecule has 2 N–H and O–H groups in total. The number of aromatic amines is 2. The number of hydrogen-bond acceptors (Lipinski definition) is 3. The molecule has 0 amide bonds. The molecule has 31 heavy (non-hydrogen) atoms. The SMILES string of the molecule is Sc1ccc(-c2cc3cc4nc(cc5ccc(cc6nc(cc2[nH]3)C=C6)[nH]5)C=C4)cc1. The van der Waals surface area contributed by atoms with Crippen molar-refractivity contribution in [1.82, 2.24) is 19.9 Å². The Morgan fingerprint density at radius 2 is 1.10 bits per heavy atom. The van der Waals surface area contributed by atoms with E-state index in [-0.39, 0.29) is 0 Å². The topological polar surface area (TPSA) is 57.4 Å². The quantitative estimate of drug-likeness (QED) is 0.263. The molecule has 3 aromatic heterocycles. The Bertz CT molecular complexity index is 1540. The standard InChI is InChI=1S/C26H18N4S/c31-24-9-1-16(2-10-24)25-14-23-13-21-6-5-19(28-21)11-17-3-4-18(27-17)12-20-7-8-22(29-20)15-26(25)30-23/h1-15,27,30-31H. The lowest BCUT2D eigenvalue weighted by Crippen LogP contribution is -1.77. The molecule has 0 atom stereocenters. The lowest BCUT2D eigenvalue weighted by atomic mass is 10.1. The zero-order valence-corrected chi connectivity index (χ0v) is 17.4. The summed E-state index contributed by atoms with van der Waals surface area (Å²) in [6, 6.07) is 22.7. The number of nitrogens with zero attached hydrogens (tertiary/aromatic N) is 2. The fourth-order valence-electron chi connectivity index (χ4n) is 3.90. The first-order valence-electron chi connectivity index (χ1n) is 10.1. The highest BCUT2D eigenvalue weighted by atomic mass is 32.1. The molecule has 1 aromatic carbocycles. The number of benzene rings is 1. The first-order valence-corrected chi connectivity index (χ1v) is 10.5. The highest BCUT2D eigenvalue weighted by Gasteiger charge is 2.07. The predicted octanol–water partition coefficient (Wildman–Crippen LogP) is 6.61. The van der Waals surface area contributed by atoms with Crippen LogP contribution in [0.1, 0.15) is 22.8 Å². The van der Waals surface area contributed by atoms with Gasteiger partial charge < -0.3 is 9.97 Å². The number of aromatic nitrogens is 4. The van der Waals surface area contributed by atoms with Gasteiger partial charge in [-0.15, -0.1) is 12.6 Å². The number of rotatable bonds is 1. The second-order valence-corrected chi connectivity index (χ2v) is 8.15. The maximum Gasteiger partial charge on any atom is 0.0658 e. The summed E-state index contributed by atoms with van der Waals surface area (Å²) in [4.78, 5) is 17.4. The van der Waals surface area contributed by atoms with Gasteiger partial charge in [0.2, 0.25) is 0 Å². The average Bonchev–Trinajstić information content (AvgIpc) is 3.54. The van der Waals surface area contributed by atoms with Crippen LogP contribution < -0.4 is 0 Å². The number of fused-ring (bicyclic) bond motifs is 8. The van der Waals surface area contributed by atoms with Crippen molar-refractivity contribution in [2.24, 2.45) is 0 Å². The van der Waals surface area contributed by atoms with Gasteiger partial charge in [-0.2, -0.15) is 0 Å². The highest BCUT2D eigenvalue weighted by Crippen LogP contribution is 2.28. The molecule has 0 saturated heterocycles. The van der Waals surface area contributed by atoms with Crippen LogP contribution in [-0.2, 0) is 0 Å². The largest absolute Gasteiger partial charge is 0.355 e. The van der Waals surface area contributed by atoms with Crippen LogP contribution >= 0.6 is 12.6 Å². The Morgan fingerprint density at radius 3 is 1.71 bits per heavy atom. The molecule has 5 heterocycles. The average molecular weight is 419 g/mol. The molecule has 6 rings (SSSR count). The second-order valence-electron chi connectivity index (χ2n) is 7.64. The Hall–Kier alpha value is -3.83. The molecule has 2 aliphatic heterocycles. The molecular weight excluding hydrogens is 400 g/mol. The van der Waals surface area contributed by atoms with Gasteiger partial charge in [-0.05, 0) is 84.5 Å². The minimum Gasteiger partial charge on any atom is -0.355 e. The van der Waals surface area contributed by atoms with E-state index in [0.29, 0.717) is 0 Å². The monoisotopic (exact) mass is 418 g/mol. The third-order valence-electron chi connectivity index (χ3n) is 5.35. The highest BCUT2D eigenvalue weighted by molar-refractivity contribution is 7.80. The van der Waals surface area contributed by atoms with Crippen molar-refractivity contribution < 1.29 is 0 Å². The van der Waals surface area contributed by atoms with Crippen molar-refractivity contribution in [3.05, 3.63) is 89.5 Å². The van der Waals surface area contributed by atoms with E-state index in [1.165, 1.54) is 0 Å². The van der Waals surface area contributed by atoms with Crippen molar-refractivity contribution in [3.8, 4) is 11.1 Å². The summed E-state index contributed by atoms with van der Waals surface area (Å²) in [5, 5.41) is 0. The molecule has 0 radical (unpaired) electrons. The minimum atomic E-state index is 0.908. The summed E-state index contributed by atoms with van der Waals surface area (Å²) in [5.74, 6) is 0. The van der Waals surface area contributed by atoms with E-state index < -0.39 is 0 Å². The molecule has 0 fully saturated rings.